The van der Waals surface area contributed by atoms with Gasteiger partial charge in [0.15, 0.2) is 5.96 Å². The Hall–Kier alpha value is -1.78. The molecule has 31 heavy (non-hydrogen) atoms. The Balaban J connectivity index is 0.00000341. The highest BCUT2D eigenvalue weighted by molar-refractivity contribution is 14.0. The van der Waals surface area contributed by atoms with E-state index in [9.17, 15) is 0 Å². The first-order valence-electron chi connectivity index (χ1n) is 10.7. The number of guanidine groups is 1. The Morgan fingerprint density at radius 3 is 2.71 bits per heavy atom. The molecule has 0 aliphatic carbocycles. The molecular weight excluding hydrogens is 509 g/mol. The molecule has 0 bridgehead atoms. The predicted octanol–water partition coefficient (Wildman–Crippen LogP) is 3.77. The van der Waals surface area contributed by atoms with Gasteiger partial charge in [-0.15, -0.1) is 24.0 Å². The Morgan fingerprint density at radius 2 is 2.00 bits per heavy atom. The van der Waals surface area contributed by atoms with Gasteiger partial charge in [0.05, 0.1) is 32.6 Å². The fourth-order valence-electron chi connectivity index (χ4n) is 3.21. The lowest BCUT2D eigenvalue weighted by Gasteiger charge is -2.13. The van der Waals surface area contributed by atoms with E-state index in [1.807, 2.05) is 36.4 Å². The average molecular weight is 543 g/mol. The first-order valence-corrected chi connectivity index (χ1v) is 10.7. The van der Waals surface area contributed by atoms with Crippen molar-refractivity contribution in [3.8, 4) is 5.75 Å². The molecule has 1 aromatic carbocycles. The van der Waals surface area contributed by atoms with Crippen LogP contribution in [0.2, 0.25) is 0 Å². The van der Waals surface area contributed by atoms with E-state index in [1.54, 1.807) is 13.4 Å². The van der Waals surface area contributed by atoms with Crippen molar-refractivity contribution in [1.82, 2.24) is 10.6 Å². The summed E-state index contributed by atoms with van der Waals surface area (Å²) in [5.41, 5.74) is 1.13. The lowest BCUT2D eigenvalue weighted by molar-refractivity contribution is 0.0168. The molecular formula is C23H34IN3O4. The Kier molecular flexibility index (Phi) is 12.4. The number of nitrogens with zero attached hydrogens (tertiary/aromatic N) is 1. The molecule has 1 aromatic heterocycles. The van der Waals surface area contributed by atoms with Gasteiger partial charge in [0, 0.05) is 32.7 Å². The minimum Gasteiger partial charge on any atom is -0.497 e. The van der Waals surface area contributed by atoms with Gasteiger partial charge in [-0.25, -0.2) is 4.99 Å². The summed E-state index contributed by atoms with van der Waals surface area (Å²) in [6.45, 7) is 4.41. The van der Waals surface area contributed by atoms with Gasteiger partial charge in [0.1, 0.15) is 11.5 Å². The molecule has 1 atom stereocenters. The van der Waals surface area contributed by atoms with Gasteiger partial charge in [-0.3, -0.25) is 0 Å². The number of hydrogen-bond acceptors (Lipinski definition) is 5. The third kappa shape index (κ3) is 9.92. The van der Waals surface area contributed by atoms with Crippen LogP contribution in [0.25, 0.3) is 0 Å². The number of ether oxygens (including phenoxy) is 3. The van der Waals surface area contributed by atoms with Gasteiger partial charge in [0.2, 0.25) is 0 Å². The minimum atomic E-state index is 0. The van der Waals surface area contributed by atoms with Crippen molar-refractivity contribution in [1.29, 1.82) is 0 Å². The molecule has 172 valence electrons. The normalized spacial score (nSPS) is 16.0. The second-order valence-electron chi connectivity index (χ2n) is 7.26. The zero-order valence-corrected chi connectivity index (χ0v) is 20.5. The number of rotatable bonds is 12. The van der Waals surface area contributed by atoms with E-state index < -0.39 is 0 Å². The van der Waals surface area contributed by atoms with Gasteiger partial charge in [-0.2, -0.15) is 0 Å². The molecule has 3 rings (SSSR count). The van der Waals surface area contributed by atoms with Crippen LogP contribution < -0.4 is 15.4 Å². The van der Waals surface area contributed by atoms with Crippen molar-refractivity contribution < 1.29 is 18.6 Å². The SMILES string of the molecule is COc1ccc(CN=C(NCCCOCC2CCCO2)NCCc2ccco2)cc1.I. The van der Waals surface area contributed by atoms with E-state index in [-0.39, 0.29) is 30.1 Å². The molecule has 2 aromatic rings. The second-order valence-corrected chi connectivity index (χ2v) is 7.26. The van der Waals surface area contributed by atoms with Crippen molar-refractivity contribution in [3.05, 3.63) is 54.0 Å². The minimum absolute atomic E-state index is 0. The fourth-order valence-corrected chi connectivity index (χ4v) is 3.21. The van der Waals surface area contributed by atoms with Crippen LogP contribution in [0.3, 0.4) is 0 Å². The van der Waals surface area contributed by atoms with Gasteiger partial charge in [0.25, 0.3) is 0 Å². The Morgan fingerprint density at radius 1 is 1.16 bits per heavy atom. The molecule has 1 aliphatic heterocycles. The Labute approximate surface area is 202 Å². The van der Waals surface area contributed by atoms with Gasteiger partial charge in [-0.1, -0.05) is 12.1 Å². The number of benzene rings is 1. The van der Waals surface area contributed by atoms with E-state index in [4.69, 9.17) is 23.6 Å². The molecule has 0 spiro atoms. The maximum Gasteiger partial charge on any atom is 0.191 e. The highest BCUT2D eigenvalue weighted by Crippen LogP contribution is 2.12. The molecule has 1 saturated heterocycles. The van der Waals surface area contributed by atoms with Crippen LogP contribution in [0.15, 0.2) is 52.1 Å². The van der Waals surface area contributed by atoms with Crippen LogP contribution in [-0.2, 0) is 22.4 Å². The molecule has 0 radical (unpaired) electrons. The highest BCUT2D eigenvalue weighted by Gasteiger charge is 2.14. The summed E-state index contributed by atoms with van der Waals surface area (Å²) in [7, 11) is 1.67. The molecule has 0 amide bonds. The lowest BCUT2D eigenvalue weighted by atomic mass is 10.2. The number of methoxy groups -OCH3 is 1. The van der Waals surface area contributed by atoms with E-state index in [2.05, 4.69) is 10.6 Å². The first kappa shape index (κ1) is 25.5. The van der Waals surface area contributed by atoms with Crippen molar-refractivity contribution in [2.24, 2.45) is 4.99 Å². The third-order valence-electron chi connectivity index (χ3n) is 4.91. The highest BCUT2D eigenvalue weighted by atomic mass is 127. The predicted molar refractivity (Wildman–Crippen MR) is 132 cm³/mol. The number of nitrogens with one attached hydrogen (secondary N) is 2. The largest absolute Gasteiger partial charge is 0.497 e. The van der Waals surface area contributed by atoms with Crippen LogP contribution in [-0.4, -0.2) is 52.1 Å². The fraction of sp³-hybridized carbons (Fsp3) is 0.522. The Bertz CT molecular complexity index is 732. The number of halogens is 1. The first-order chi connectivity index (χ1) is 14.8. The lowest BCUT2D eigenvalue weighted by Crippen LogP contribution is -2.39. The van der Waals surface area contributed by atoms with Crippen LogP contribution in [0.1, 0.15) is 30.6 Å². The number of furan rings is 1. The van der Waals surface area contributed by atoms with Crippen molar-refractivity contribution >= 4 is 29.9 Å². The summed E-state index contributed by atoms with van der Waals surface area (Å²) in [6.07, 6.45) is 5.95. The molecule has 1 aliphatic rings. The zero-order chi connectivity index (χ0) is 20.9. The summed E-state index contributed by atoms with van der Waals surface area (Å²) in [6, 6.07) is 11.8. The van der Waals surface area contributed by atoms with Crippen LogP contribution in [0.5, 0.6) is 5.75 Å². The van der Waals surface area contributed by atoms with Crippen molar-refractivity contribution in [2.75, 3.05) is 40.0 Å². The summed E-state index contributed by atoms with van der Waals surface area (Å²) < 4.78 is 21.9. The summed E-state index contributed by atoms with van der Waals surface area (Å²) in [5.74, 6) is 2.59. The van der Waals surface area contributed by atoms with E-state index in [0.717, 1.165) is 68.4 Å². The van der Waals surface area contributed by atoms with E-state index in [1.165, 1.54) is 0 Å². The molecule has 1 unspecified atom stereocenters. The molecule has 0 saturated carbocycles. The molecule has 1 fully saturated rings. The smallest absolute Gasteiger partial charge is 0.191 e. The monoisotopic (exact) mass is 543 g/mol. The van der Waals surface area contributed by atoms with Gasteiger partial charge in [-0.05, 0) is 49.1 Å². The van der Waals surface area contributed by atoms with Crippen LogP contribution in [0.4, 0.5) is 0 Å². The molecule has 2 heterocycles. The quantitative estimate of drug-likeness (QED) is 0.184. The number of aliphatic imine (C=N–C) groups is 1. The van der Waals surface area contributed by atoms with Crippen molar-refractivity contribution in [3.63, 3.8) is 0 Å². The summed E-state index contributed by atoms with van der Waals surface area (Å²) in [5, 5.41) is 6.77. The van der Waals surface area contributed by atoms with Crippen LogP contribution >= 0.6 is 24.0 Å². The summed E-state index contributed by atoms with van der Waals surface area (Å²) in [4.78, 5) is 4.71. The molecule has 8 heteroatoms. The van der Waals surface area contributed by atoms with Crippen molar-refractivity contribution in [2.45, 2.75) is 38.3 Å². The topological polar surface area (TPSA) is 77.2 Å². The zero-order valence-electron chi connectivity index (χ0n) is 18.2. The summed E-state index contributed by atoms with van der Waals surface area (Å²) >= 11 is 0. The molecule has 2 N–H and O–H groups in total. The maximum atomic E-state index is 5.73. The van der Waals surface area contributed by atoms with Gasteiger partial charge < -0.3 is 29.3 Å². The van der Waals surface area contributed by atoms with Crippen LogP contribution in [0, 0.1) is 0 Å². The third-order valence-corrected chi connectivity index (χ3v) is 4.91. The van der Waals surface area contributed by atoms with Gasteiger partial charge >= 0.3 is 0 Å². The molecule has 7 nitrogen and oxygen atoms in total. The average Bonchev–Trinajstić information content (AvgIpc) is 3.48. The van der Waals surface area contributed by atoms with E-state index in [0.29, 0.717) is 19.8 Å². The second kappa shape index (κ2) is 15.1. The van der Waals surface area contributed by atoms with E-state index >= 15 is 0 Å². The maximum absolute atomic E-state index is 5.73. The standard InChI is InChI=1S/C23H33N3O4.HI/c1-27-20-9-7-19(8-10-20)17-26-23(25-13-11-21-5-2-15-29-21)24-12-4-14-28-18-22-6-3-16-30-22;/h2,5,7-10,15,22H,3-4,6,11-14,16-18H2,1H3,(H2,24,25,26);1H. The number of hydrogen-bond donors (Lipinski definition) is 2.